The van der Waals surface area contributed by atoms with E-state index in [1.807, 2.05) is 35.7 Å². The van der Waals surface area contributed by atoms with E-state index in [1.54, 1.807) is 11.3 Å². The van der Waals surface area contributed by atoms with E-state index in [0.29, 0.717) is 18.9 Å². The van der Waals surface area contributed by atoms with Gasteiger partial charge >= 0.3 is 0 Å². The minimum Gasteiger partial charge on any atom is -0.380 e. The summed E-state index contributed by atoms with van der Waals surface area (Å²) in [5, 5.41) is 9.47. The molecule has 3 aromatic rings. The highest BCUT2D eigenvalue weighted by Gasteiger charge is 2.15. The molecule has 146 valence electrons. The molecule has 1 amide bonds. The van der Waals surface area contributed by atoms with Gasteiger partial charge in [-0.2, -0.15) is 0 Å². The number of hydrogen-bond acceptors (Lipinski definition) is 4. The van der Waals surface area contributed by atoms with Gasteiger partial charge in [0.25, 0.3) is 0 Å². The van der Waals surface area contributed by atoms with E-state index in [-0.39, 0.29) is 11.9 Å². The van der Waals surface area contributed by atoms with Crippen molar-refractivity contribution in [2.24, 2.45) is 5.92 Å². The van der Waals surface area contributed by atoms with Gasteiger partial charge in [-0.15, -0.1) is 11.3 Å². The maximum Gasteiger partial charge on any atom is 0.226 e. The Kier molecular flexibility index (Phi) is 6.82. The Hall–Kier alpha value is -2.66. The molecule has 1 unspecified atom stereocenters. The van der Waals surface area contributed by atoms with Gasteiger partial charge in [-0.25, -0.2) is 4.98 Å². The van der Waals surface area contributed by atoms with Crippen molar-refractivity contribution in [3.05, 3.63) is 71.2 Å². The summed E-state index contributed by atoms with van der Waals surface area (Å²) in [5.41, 5.74) is 4.20. The van der Waals surface area contributed by atoms with Crippen LogP contribution in [0.3, 0.4) is 0 Å². The number of rotatable bonds is 8. The van der Waals surface area contributed by atoms with Gasteiger partial charge in [0.15, 0.2) is 0 Å². The maximum absolute atomic E-state index is 12.4. The van der Waals surface area contributed by atoms with Crippen molar-refractivity contribution in [1.29, 1.82) is 0 Å². The number of nitrogens with one attached hydrogen (secondary N) is 2. The number of aryl methyl sites for hydroxylation is 1. The first-order chi connectivity index (χ1) is 13.5. The molecule has 1 atom stereocenters. The van der Waals surface area contributed by atoms with Crippen LogP contribution in [-0.2, 0) is 11.2 Å². The van der Waals surface area contributed by atoms with Crippen LogP contribution in [0.25, 0.3) is 10.6 Å². The van der Waals surface area contributed by atoms with Gasteiger partial charge in [-0.05, 0) is 25.0 Å². The molecule has 28 heavy (non-hydrogen) atoms. The van der Waals surface area contributed by atoms with E-state index in [0.717, 1.165) is 22.0 Å². The predicted molar refractivity (Wildman–Crippen MR) is 118 cm³/mol. The summed E-state index contributed by atoms with van der Waals surface area (Å²) in [4.78, 5) is 17.0. The lowest BCUT2D eigenvalue weighted by molar-refractivity contribution is -0.120. The van der Waals surface area contributed by atoms with Crippen LogP contribution in [0.15, 0.2) is 60.0 Å². The summed E-state index contributed by atoms with van der Waals surface area (Å²) in [6.07, 6.45) is 0.304. The summed E-state index contributed by atoms with van der Waals surface area (Å²) in [6, 6.07) is 18.6. The average Bonchev–Trinajstić information content (AvgIpc) is 3.14. The molecule has 0 aliphatic carbocycles. The first-order valence-corrected chi connectivity index (χ1v) is 10.5. The third kappa shape index (κ3) is 5.67. The molecule has 0 aliphatic heterocycles. The number of thiazole rings is 1. The number of carbonyl (C=O) groups is 1. The Bertz CT molecular complexity index is 888. The molecule has 1 heterocycles. The largest absolute Gasteiger partial charge is 0.380 e. The standard InChI is InChI=1S/C23H27N3OS/c1-16(2)21(25-19-7-5-4-6-8-19)14-24-22(27)13-20-15-28-23(26-20)18-11-9-17(3)10-12-18/h4-12,15-16,21,25H,13-14H2,1-3H3,(H,24,27). The highest BCUT2D eigenvalue weighted by Crippen LogP contribution is 2.24. The van der Waals surface area contributed by atoms with Crippen molar-refractivity contribution in [2.45, 2.75) is 33.2 Å². The molecule has 0 radical (unpaired) electrons. The lowest BCUT2D eigenvalue weighted by Crippen LogP contribution is -2.40. The second-order valence-electron chi connectivity index (χ2n) is 7.35. The number of para-hydroxylation sites is 1. The minimum absolute atomic E-state index is 0.00117. The molecule has 2 aromatic carbocycles. The summed E-state index contributed by atoms with van der Waals surface area (Å²) in [6.45, 7) is 6.96. The second-order valence-corrected chi connectivity index (χ2v) is 8.21. The molecule has 0 bridgehead atoms. The normalized spacial score (nSPS) is 12.0. The van der Waals surface area contributed by atoms with Crippen LogP contribution in [0, 0.1) is 12.8 Å². The van der Waals surface area contributed by atoms with Crippen molar-refractivity contribution in [2.75, 3.05) is 11.9 Å². The van der Waals surface area contributed by atoms with Gasteiger partial charge in [-0.3, -0.25) is 4.79 Å². The molecule has 0 saturated heterocycles. The number of anilines is 1. The molecular weight excluding hydrogens is 366 g/mol. The van der Waals surface area contributed by atoms with E-state index in [2.05, 4.69) is 60.7 Å². The lowest BCUT2D eigenvalue weighted by atomic mass is 10.0. The summed E-state index contributed by atoms with van der Waals surface area (Å²) < 4.78 is 0. The van der Waals surface area contributed by atoms with Crippen LogP contribution in [0.1, 0.15) is 25.1 Å². The molecule has 4 nitrogen and oxygen atoms in total. The SMILES string of the molecule is Cc1ccc(-c2nc(CC(=O)NCC(Nc3ccccc3)C(C)C)cs2)cc1. The number of benzene rings is 2. The molecule has 2 N–H and O–H groups in total. The van der Waals surface area contributed by atoms with Crippen LogP contribution >= 0.6 is 11.3 Å². The molecule has 1 aromatic heterocycles. The van der Waals surface area contributed by atoms with Crippen molar-refractivity contribution in [3.63, 3.8) is 0 Å². The van der Waals surface area contributed by atoms with E-state index in [9.17, 15) is 4.79 Å². The molecule has 0 fully saturated rings. The summed E-state index contributed by atoms with van der Waals surface area (Å²) in [7, 11) is 0. The number of aromatic nitrogens is 1. The van der Waals surface area contributed by atoms with Crippen molar-refractivity contribution in [1.82, 2.24) is 10.3 Å². The van der Waals surface area contributed by atoms with Gasteiger partial charge in [0.05, 0.1) is 12.1 Å². The second kappa shape index (κ2) is 9.51. The van der Waals surface area contributed by atoms with Crippen LogP contribution in [-0.4, -0.2) is 23.5 Å². The molecular formula is C23H27N3OS. The third-order valence-corrected chi connectivity index (χ3v) is 5.58. The zero-order valence-corrected chi connectivity index (χ0v) is 17.4. The Morgan fingerprint density at radius 2 is 1.79 bits per heavy atom. The Morgan fingerprint density at radius 1 is 1.07 bits per heavy atom. The van der Waals surface area contributed by atoms with Gasteiger partial charge < -0.3 is 10.6 Å². The topological polar surface area (TPSA) is 54.0 Å². The van der Waals surface area contributed by atoms with Crippen LogP contribution in [0.5, 0.6) is 0 Å². The zero-order valence-electron chi connectivity index (χ0n) is 16.6. The van der Waals surface area contributed by atoms with Gasteiger partial charge in [-0.1, -0.05) is 61.9 Å². The Labute approximate surface area is 171 Å². The van der Waals surface area contributed by atoms with E-state index in [1.165, 1.54) is 5.56 Å². The van der Waals surface area contributed by atoms with Crippen LogP contribution in [0.4, 0.5) is 5.69 Å². The first kappa shape index (κ1) is 20.1. The highest BCUT2D eigenvalue weighted by atomic mass is 32.1. The molecule has 3 rings (SSSR count). The van der Waals surface area contributed by atoms with Gasteiger partial charge in [0.1, 0.15) is 5.01 Å². The summed E-state index contributed by atoms with van der Waals surface area (Å²) >= 11 is 1.58. The van der Waals surface area contributed by atoms with E-state index >= 15 is 0 Å². The van der Waals surface area contributed by atoms with Crippen molar-refractivity contribution >= 4 is 22.9 Å². The van der Waals surface area contributed by atoms with E-state index < -0.39 is 0 Å². The minimum atomic E-state index is 0.00117. The number of amides is 1. The first-order valence-electron chi connectivity index (χ1n) is 9.61. The smallest absolute Gasteiger partial charge is 0.226 e. The average molecular weight is 394 g/mol. The fourth-order valence-electron chi connectivity index (χ4n) is 2.87. The van der Waals surface area contributed by atoms with Gasteiger partial charge in [0.2, 0.25) is 5.91 Å². The van der Waals surface area contributed by atoms with Crippen LogP contribution in [0.2, 0.25) is 0 Å². The third-order valence-electron chi connectivity index (χ3n) is 4.64. The maximum atomic E-state index is 12.4. The predicted octanol–water partition coefficient (Wildman–Crippen LogP) is 4.91. The Morgan fingerprint density at radius 3 is 2.46 bits per heavy atom. The number of carbonyl (C=O) groups excluding carboxylic acids is 1. The number of hydrogen-bond donors (Lipinski definition) is 2. The monoisotopic (exact) mass is 393 g/mol. The lowest BCUT2D eigenvalue weighted by Gasteiger charge is -2.24. The zero-order chi connectivity index (χ0) is 19.9. The summed E-state index contributed by atoms with van der Waals surface area (Å²) in [5.74, 6) is 0.397. The Balaban J connectivity index is 1.54. The van der Waals surface area contributed by atoms with Crippen molar-refractivity contribution < 1.29 is 4.79 Å². The highest BCUT2D eigenvalue weighted by molar-refractivity contribution is 7.13. The fraction of sp³-hybridized carbons (Fsp3) is 0.304. The fourth-order valence-corrected chi connectivity index (χ4v) is 3.70. The van der Waals surface area contributed by atoms with E-state index in [4.69, 9.17) is 0 Å². The molecule has 5 heteroatoms. The quantitative estimate of drug-likeness (QED) is 0.571. The number of nitrogens with zero attached hydrogens (tertiary/aromatic N) is 1. The van der Waals surface area contributed by atoms with Crippen molar-refractivity contribution in [3.8, 4) is 10.6 Å². The van der Waals surface area contributed by atoms with Crippen LogP contribution < -0.4 is 10.6 Å². The molecule has 0 spiro atoms. The van der Waals surface area contributed by atoms with Gasteiger partial charge in [0, 0.05) is 29.2 Å². The molecule has 0 aliphatic rings. The molecule has 0 saturated carbocycles.